The van der Waals surface area contributed by atoms with Crippen LogP contribution in [0.1, 0.15) is 34.6 Å². The topological polar surface area (TPSA) is 60.0 Å². The van der Waals surface area contributed by atoms with Gasteiger partial charge in [-0.3, -0.25) is 4.79 Å². The van der Waals surface area contributed by atoms with Crippen molar-refractivity contribution in [3.05, 3.63) is 47.0 Å². The van der Waals surface area contributed by atoms with E-state index in [1.165, 1.54) is 0 Å². The Balaban J connectivity index is 2.06. The van der Waals surface area contributed by atoms with Crippen LogP contribution in [0.25, 0.3) is 0 Å². The van der Waals surface area contributed by atoms with Crippen LogP contribution in [0.15, 0.2) is 30.3 Å². The fraction of sp³-hybridized carbons (Fsp3) is 0.350. The highest BCUT2D eigenvalue weighted by Gasteiger charge is 2.31. The molecule has 0 saturated heterocycles. The Kier molecular flexibility index (Phi) is 4.93. The molecule has 1 N–H and O–H groups in total. The maximum Gasteiger partial charge on any atom is 0.257 e. The highest BCUT2D eigenvalue weighted by atomic mass is 16.5. The fourth-order valence-corrected chi connectivity index (χ4v) is 3.16. The summed E-state index contributed by atoms with van der Waals surface area (Å²) in [5.74, 6) is 1.67. The molecule has 1 aliphatic rings. The van der Waals surface area contributed by atoms with Crippen LogP contribution in [0.3, 0.4) is 0 Å². The Bertz CT molecular complexity index is 810. The molecule has 0 saturated carbocycles. The summed E-state index contributed by atoms with van der Waals surface area (Å²) < 4.78 is 16.6. The van der Waals surface area contributed by atoms with Gasteiger partial charge < -0.3 is 24.4 Å². The number of rotatable bonds is 5. The average molecular weight is 356 g/mol. The van der Waals surface area contributed by atoms with E-state index in [0.29, 0.717) is 29.4 Å². The number of amides is 1. The molecule has 138 valence electrons. The Hall–Kier alpha value is -2.89. The molecule has 0 bridgehead atoms. The van der Waals surface area contributed by atoms with Gasteiger partial charge in [0, 0.05) is 18.3 Å². The van der Waals surface area contributed by atoms with Gasteiger partial charge in [0.25, 0.3) is 5.91 Å². The molecule has 0 spiro atoms. The number of nitrogens with one attached hydrogen (secondary N) is 1. The first-order valence-electron chi connectivity index (χ1n) is 8.53. The van der Waals surface area contributed by atoms with Gasteiger partial charge in [-0.1, -0.05) is 11.6 Å². The first-order chi connectivity index (χ1) is 12.5. The lowest BCUT2D eigenvalue weighted by Gasteiger charge is -2.36. The largest absolute Gasteiger partial charge is 0.493 e. The lowest BCUT2D eigenvalue weighted by Crippen LogP contribution is -2.40. The van der Waals surface area contributed by atoms with E-state index in [-0.39, 0.29) is 12.1 Å². The summed E-state index contributed by atoms with van der Waals surface area (Å²) in [6, 6.07) is 9.56. The molecule has 2 aromatic carbocycles. The summed E-state index contributed by atoms with van der Waals surface area (Å²) in [7, 11) is 4.95. The van der Waals surface area contributed by atoms with E-state index in [9.17, 15) is 4.79 Å². The Morgan fingerprint density at radius 1 is 1.12 bits per heavy atom. The Morgan fingerprint density at radius 2 is 1.77 bits per heavy atom. The number of fused-ring (bicyclic) bond motifs is 1. The molecule has 1 aliphatic heterocycles. The lowest BCUT2D eigenvalue weighted by molar-refractivity contribution is 0.0735. The number of methoxy groups -OCH3 is 2. The molecular formula is C20H24N2O4. The lowest BCUT2D eigenvalue weighted by atomic mass is 10.0. The quantitative estimate of drug-likeness (QED) is 0.887. The number of carbonyl (C=O) groups is 1. The Morgan fingerprint density at radius 3 is 2.35 bits per heavy atom. The number of carbonyl (C=O) groups excluding carboxylic acids is 1. The van der Waals surface area contributed by atoms with Crippen molar-refractivity contribution < 1.29 is 19.0 Å². The van der Waals surface area contributed by atoms with E-state index < -0.39 is 0 Å². The van der Waals surface area contributed by atoms with Crippen molar-refractivity contribution in [2.45, 2.75) is 20.0 Å². The number of nitrogens with zero attached hydrogens (tertiary/aromatic N) is 1. The molecule has 1 amide bonds. The zero-order chi connectivity index (χ0) is 18.8. The number of aryl methyl sites for hydroxylation is 1. The minimum absolute atomic E-state index is 0.0285. The van der Waals surface area contributed by atoms with Crippen molar-refractivity contribution in [2.24, 2.45) is 0 Å². The summed E-state index contributed by atoms with van der Waals surface area (Å²) >= 11 is 0. The van der Waals surface area contributed by atoms with Crippen LogP contribution in [0.5, 0.6) is 17.2 Å². The molecule has 2 aromatic rings. The molecule has 6 heteroatoms. The zero-order valence-electron chi connectivity index (χ0n) is 15.8. The first kappa shape index (κ1) is 17.9. The number of benzene rings is 2. The van der Waals surface area contributed by atoms with Gasteiger partial charge in [-0.25, -0.2) is 0 Å². The molecule has 0 aromatic heterocycles. The van der Waals surface area contributed by atoms with Gasteiger partial charge in [0.05, 0.1) is 26.4 Å². The first-order valence-corrected chi connectivity index (χ1v) is 8.53. The number of ether oxygens (including phenoxy) is 3. The van der Waals surface area contributed by atoms with Crippen LogP contribution in [-0.2, 0) is 0 Å². The summed E-state index contributed by atoms with van der Waals surface area (Å²) in [6.07, 6.45) is -0.337. The predicted octanol–water partition coefficient (Wildman–Crippen LogP) is 3.61. The third kappa shape index (κ3) is 3.03. The number of hydrogen-bond donors (Lipinski definition) is 1. The Labute approximate surface area is 153 Å². The summed E-state index contributed by atoms with van der Waals surface area (Å²) in [4.78, 5) is 14.5. The molecule has 0 aliphatic carbocycles. The standard InChI is InChI=1S/C20H24N2O4/c1-6-26-18-16(24-4)10-13(11-17(18)25-5)19-21-15-8-7-12(2)9-14(15)20(23)22(19)3/h7-11,19,21H,6H2,1-5H3. The van der Waals surface area contributed by atoms with E-state index in [1.54, 1.807) is 26.2 Å². The average Bonchev–Trinajstić information content (AvgIpc) is 2.65. The second kappa shape index (κ2) is 7.15. The zero-order valence-corrected chi connectivity index (χ0v) is 15.8. The maximum absolute atomic E-state index is 12.8. The normalized spacial score (nSPS) is 16.0. The molecule has 3 rings (SSSR count). The molecule has 0 radical (unpaired) electrons. The summed E-state index contributed by atoms with van der Waals surface area (Å²) in [5.41, 5.74) is 3.39. The van der Waals surface area contributed by atoms with Gasteiger partial charge >= 0.3 is 0 Å². The van der Waals surface area contributed by atoms with E-state index in [1.807, 2.05) is 44.2 Å². The molecular weight excluding hydrogens is 332 g/mol. The van der Waals surface area contributed by atoms with Crippen molar-refractivity contribution >= 4 is 11.6 Å². The van der Waals surface area contributed by atoms with Crippen LogP contribution in [-0.4, -0.2) is 38.7 Å². The van der Waals surface area contributed by atoms with Crippen LogP contribution in [0, 0.1) is 6.92 Å². The van der Waals surface area contributed by atoms with Crippen molar-refractivity contribution in [3.63, 3.8) is 0 Å². The second-order valence-electron chi connectivity index (χ2n) is 6.20. The highest BCUT2D eigenvalue weighted by Crippen LogP contribution is 2.42. The van der Waals surface area contributed by atoms with Crippen LogP contribution >= 0.6 is 0 Å². The monoisotopic (exact) mass is 356 g/mol. The minimum Gasteiger partial charge on any atom is -0.493 e. The summed E-state index contributed by atoms with van der Waals surface area (Å²) in [6.45, 7) is 4.38. The third-order valence-electron chi connectivity index (χ3n) is 4.49. The third-order valence-corrected chi connectivity index (χ3v) is 4.49. The predicted molar refractivity (Wildman–Crippen MR) is 100 cm³/mol. The van der Waals surface area contributed by atoms with Gasteiger partial charge in [-0.15, -0.1) is 0 Å². The van der Waals surface area contributed by atoms with Gasteiger partial charge in [0.1, 0.15) is 6.17 Å². The molecule has 1 atom stereocenters. The molecule has 0 fully saturated rings. The van der Waals surface area contributed by atoms with Crippen molar-refractivity contribution in [1.29, 1.82) is 0 Å². The second-order valence-corrected chi connectivity index (χ2v) is 6.20. The van der Waals surface area contributed by atoms with Crippen LogP contribution in [0.4, 0.5) is 5.69 Å². The molecule has 1 heterocycles. The molecule has 1 unspecified atom stereocenters. The van der Waals surface area contributed by atoms with Crippen molar-refractivity contribution in [2.75, 3.05) is 33.2 Å². The van der Waals surface area contributed by atoms with Crippen molar-refractivity contribution in [3.8, 4) is 17.2 Å². The summed E-state index contributed by atoms with van der Waals surface area (Å²) in [5, 5.41) is 3.43. The fourth-order valence-electron chi connectivity index (χ4n) is 3.16. The van der Waals surface area contributed by atoms with Gasteiger partial charge in [0.2, 0.25) is 5.75 Å². The van der Waals surface area contributed by atoms with Crippen LogP contribution < -0.4 is 19.5 Å². The van der Waals surface area contributed by atoms with Gasteiger partial charge in [-0.2, -0.15) is 0 Å². The van der Waals surface area contributed by atoms with E-state index in [4.69, 9.17) is 14.2 Å². The molecule has 26 heavy (non-hydrogen) atoms. The maximum atomic E-state index is 12.8. The number of anilines is 1. The van der Waals surface area contributed by atoms with E-state index >= 15 is 0 Å². The van der Waals surface area contributed by atoms with E-state index in [0.717, 1.165) is 16.8 Å². The van der Waals surface area contributed by atoms with Gasteiger partial charge in [0.15, 0.2) is 11.5 Å². The smallest absolute Gasteiger partial charge is 0.257 e. The van der Waals surface area contributed by atoms with Crippen LogP contribution in [0.2, 0.25) is 0 Å². The number of hydrogen-bond acceptors (Lipinski definition) is 5. The van der Waals surface area contributed by atoms with Gasteiger partial charge in [-0.05, 0) is 38.1 Å². The highest BCUT2D eigenvalue weighted by molar-refractivity contribution is 6.01. The SMILES string of the molecule is CCOc1c(OC)cc(C2Nc3ccc(C)cc3C(=O)N2C)cc1OC. The van der Waals surface area contributed by atoms with Crippen molar-refractivity contribution in [1.82, 2.24) is 4.90 Å². The molecule has 6 nitrogen and oxygen atoms in total. The minimum atomic E-state index is -0.337. The van der Waals surface area contributed by atoms with E-state index in [2.05, 4.69) is 5.32 Å².